The Kier molecular flexibility index (Phi) is 5.11. The predicted molar refractivity (Wildman–Crippen MR) is 105 cm³/mol. The van der Waals surface area contributed by atoms with Gasteiger partial charge in [-0.1, -0.05) is 0 Å². The van der Waals surface area contributed by atoms with Crippen LogP contribution in [0.15, 0.2) is 43.0 Å². The highest BCUT2D eigenvalue weighted by Crippen LogP contribution is 2.28. The summed E-state index contributed by atoms with van der Waals surface area (Å²) in [6.45, 7) is 8.71. The minimum Gasteiger partial charge on any atom is -0.474 e. The quantitative estimate of drug-likeness (QED) is 0.689. The standard InChI is InChI=1S/C20H24N6O/c1-15(2)27-20-17-12-16(4-5-18(17)23-14-24-20)26-10-8-25(9-11-26)13-19-21-6-3-7-22-19/h3-7,12,14-15H,8-11,13H2,1-2H3. The topological polar surface area (TPSA) is 67.3 Å². The number of ether oxygens (including phenoxy) is 1. The fourth-order valence-corrected chi connectivity index (χ4v) is 3.31. The first kappa shape index (κ1) is 17.6. The van der Waals surface area contributed by atoms with Crippen LogP contribution in [0, 0.1) is 0 Å². The van der Waals surface area contributed by atoms with Crippen molar-refractivity contribution in [2.75, 3.05) is 31.1 Å². The van der Waals surface area contributed by atoms with Crippen LogP contribution in [-0.4, -0.2) is 57.1 Å². The molecule has 1 saturated heterocycles. The largest absolute Gasteiger partial charge is 0.474 e. The van der Waals surface area contributed by atoms with Gasteiger partial charge in [0.25, 0.3) is 0 Å². The predicted octanol–water partition coefficient (Wildman–Crippen LogP) is 2.53. The first-order valence-corrected chi connectivity index (χ1v) is 9.33. The molecular formula is C20H24N6O. The van der Waals surface area contributed by atoms with Gasteiger partial charge in [0.05, 0.1) is 23.6 Å². The number of hydrogen-bond donors (Lipinski definition) is 0. The zero-order valence-electron chi connectivity index (χ0n) is 15.7. The summed E-state index contributed by atoms with van der Waals surface area (Å²) in [5.74, 6) is 1.53. The maximum atomic E-state index is 5.86. The molecule has 0 aliphatic carbocycles. The second kappa shape index (κ2) is 7.84. The third-order valence-corrected chi connectivity index (χ3v) is 4.65. The number of nitrogens with zero attached hydrogens (tertiary/aromatic N) is 6. The summed E-state index contributed by atoms with van der Waals surface area (Å²) in [7, 11) is 0. The van der Waals surface area contributed by atoms with Gasteiger partial charge in [0.15, 0.2) is 0 Å². The van der Waals surface area contributed by atoms with Crippen molar-refractivity contribution in [1.29, 1.82) is 0 Å². The lowest BCUT2D eigenvalue weighted by Gasteiger charge is -2.35. The molecule has 3 heterocycles. The number of fused-ring (bicyclic) bond motifs is 1. The fraction of sp³-hybridized carbons (Fsp3) is 0.400. The lowest BCUT2D eigenvalue weighted by atomic mass is 10.2. The molecule has 3 aromatic rings. The van der Waals surface area contributed by atoms with Crippen molar-refractivity contribution in [3.8, 4) is 5.88 Å². The van der Waals surface area contributed by atoms with Crippen LogP contribution < -0.4 is 9.64 Å². The molecule has 0 saturated carbocycles. The molecule has 1 aromatic carbocycles. The van der Waals surface area contributed by atoms with Gasteiger partial charge in [0.1, 0.15) is 12.2 Å². The number of rotatable bonds is 5. The van der Waals surface area contributed by atoms with Crippen molar-refractivity contribution < 1.29 is 4.74 Å². The number of benzene rings is 1. The summed E-state index contributed by atoms with van der Waals surface area (Å²) in [6, 6.07) is 8.17. The Balaban J connectivity index is 1.47. The maximum Gasteiger partial charge on any atom is 0.224 e. The van der Waals surface area contributed by atoms with E-state index in [1.54, 1.807) is 18.7 Å². The van der Waals surface area contributed by atoms with Gasteiger partial charge in [-0.2, -0.15) is 0 Å². The van der Waals surface area contributed by atoms with Gasteiger partial charge in [-0.25, -0.2) is 19.9 Å². The van der Waals surface area contributed by atoms with E-state index in [1.807, 2.05) is 26.0 Å². The molecular weight excluding hydrogens is 340 g/mol. The van der Waals surface area contributed by atoms with Gasteiger partial charge in [0, 0.05) is 44.3 Å². The van der Waals surface area contributed by atoms with Crippen LogP contribution in [0.3, 0.4) is 0 Å². The molecule has 0 unspecified atom stereocenters. The van der Waals surface area contributed by atoms with Gasteiger partial charge in [-0.05, 0) is 38.1 Å². The van der Waals surface area contributed by atoms with Crippen LogP contribution >= 0.6 is 0 Å². The van der Waals surface area contributed by atoms with Crippen molar-refractivity contribution >= 4 is 16.6 Å². The Morgan fingerprint density at radius 3 is 2.52 bits per heavy atom. The van der Waals surface area contributed by atoms with Crippen LogP contribution in [0.2, 0.25) is 0 Å². The molecule has 1 fully saturated rings. The second-order valence-electron chi connectivity index (χ2n) is 6.98. The van der Waals surface area contributed by atoms with Crippen LogP contribution in [0.1, 0.15) is 19.7 Å². The van der Waals surface area contributed by atoms with E-state index in [4.69, 9.17) is 4.74 Å². The summed E-state index contributed by atoms with van der Waals surface area (Å²) < 4.78 is 5.86. The van der Waals surface area contributed by atoms with E-state index in [-0.39, 0.29) is 6.10 Å². The summed E-state index contributed by atoms with van der Waals surface area (Å²) >= 11 is 0. The van der Waals surface area contributed by atoms with Gasteiger partial charge in [-0.15, -0.1) is 0 Å². The molecule has 0 bridgehead atoms. The molecule has 27 heavy (non-hydrogen) atoms. The molecule has 1 aliphatic rings. The Morgan fingerprint density at radius 1 is 1.00 bits per heavy atom. The van der Waals surface area contributed by atoms with E-state index >= 15 is 0 Å². The van der Waals surface area contributed by atoms with Crippen LogP contribution in [-0.2, 0) is 6.54 Å². The summed E-state index contributed by atoms with van der Waals surface area (Å²) in [5, 5.41) is 0.962. The highest BCUT2D eigenvalue weighted by atomic mass is 16.5. The van der Waals surface area contributed by atoms with E-state index in [1.165, 1.54) is 5.69 Å². The molecule has 0 amide bonds. The number of anilines is 1. The number of piperazine rings is 1. The molecule has 2 aromatic heterocycles. The third-order valence-electron chi connectivity index (χ3n) is 4.65. The third kappa shape index (κ3) is 4.14. The first-order chi connectivity index (χ1) is 13.2. The zero-order chi connectivity index (χ0) is 18.6. The molecule has 0 radical (unpaired) electrons. The lowest BCUT2D eigenvalue weighted by Crippen LogP contribution is -2.46. The van der Waals surface area contributed by atoms with E-state index in [0.717, 1.165) is 49.5 Å². The van der Waals surface area contributed by atoms with Crippen LogP contribution in [0.25, 0.3) is 10.9 Å². The first-order valence-electron chi connectivity index (χ1n) is 9.33. The van der Waals surface area contributed by atoms with Crippen molar-refractivity contribution in [2.24, 2.45) is 0 Å². The van der Waals surface area contributed by atoms with Crippen LogP contribution in [0.4, 0.5) is 5.69 Å². The fourth-order valence-electron chi connectivity index (χ4n) is 3.31. The van der Waals surface area contributed by atoms with Gasteiger partial charge < -0.3 is 9.64 Å². The highest BCUT2D eigenvalue weighted by Gasteiger charge is 2.19. The highest BCUT2D eigenvalue weighted by molar-refractivity contribution is 5.86. The number of hydrogen-bond acceptors (Lipinski definition) is 7. The Labute approximate surface area is 159 Å². The molecule has 7 nitrogen and oxygen atoms in total. The molecule has 0 N–H and O–H groups in total. The summed E-state index contributed by atoms with van der Waals surface area (Å²) in [4.78, 5) is 22.1. The molecule has 7 heteroatoms. The minimum absolute atomic E-state index is 0.0792. The smallest absolute Gasteiger partial charge is 0.224 e. The van der Waals surface area contributed by atoms with E-state index in [0.29, 0.717) is 5.88 Å². The SMILES string of the molecule is CC(C)Oc1ncnc2ccc(N3CCN(Cc4ncccn4)CC3)cc12. The summed E-state index contributed by atoms with van der Waals surface area (Å²) in [5.41, 5.74) is 2.09. The lowest BCUT2D eigenvalue weighted by molar-refractivity contribution is 0.235. The average molecular weight is 364 g/mol. The monoisotopic (exact) mass is 364 g/mol. The molecule has 0 spiro atoms. The zero-order valence-corrected chi connectivity index (χ0v) is 15.7. The maximum absolute atomic E-state index is 5.86. The van der Waals surface area contributed by atoms with Gasteiger partial charge >= 0.3 is 0 Å². The average Bonchev–Trinajstić information content (AvgIpc) is 2.69. The second-order valence-corrected chi connectivity index (χ2v) is 6.98. The van der Waals surface area contributed by atoms with E-state index in [2.05, 4.69) is 41.9 Å². The minimum atomic E-state index is 0.0792. The van der Waals surface area contributed by atoms with E-state index in [9.17, 15) is 0 Å². The van der Waals surface area contributed by atoms with Crippen molar-refractivity contribution in [3.05, 3.63) is 48.8 Å². The Hall–Kier alpha value is -2.80. The van der Waals surface area contributed by atoms with Gasteiger partial charge in [0.2, 0.25) is 5.88 Å². The Bertz CT molecular complexity index is 893. The van der Waals surface area contributed by atoms with Crippen molar-refractivity contribution in [2.45, 2.75) is 26.5 Å². The molecule has 140 valence electrons. The normalized spacial score (nSPS) is 15.4. The molecule has 0 atom stereocenters. The van der Waals surface area contributed by atoms with E-state index < -0.39 is 0 Å². The molecule has 4 rings (SSSR count). The van der Waals surface area contributed by atoms with Crippen molar-refractivity contribution in [1.82, 2.24) is 24.8 Å². The van der Waals surface area contributed by atoms with Gasteiger partial charge in [-0.3, -0.25) is 4.90 Å². The van der Waals surface area contributed by atoms with Crippen molar-refractivity contribution in [3.63, 3.8) is 0 Å². The summed E-state index contributed by atoms with van der Waals surface area (Å²) in [6.07, 6.45) is 5.24. The van der Waals surface area contributed by atoms with Crippen LogP contribution in [0.5, 0.6) is 5.88 Å². The number of aromatic nitrogens is 4. The Morgan fingerprint density at radius 2 is 1.78 bits per heavy atom. The molecule has 1 aliphatic heterocycles.